The Morgan fingerprint density at radius 3 is 1.36 bits per heavy atom. The second-order valence-corrected chi connectivity index (χ2v) is 4.68. The SMILES string of the molecule is O=C1C2CC3C(=O)C(CC1C3O)C2O. The summed E-state index contributed by atoms with van der Waals surface area (Å²) in [6, 6.07) is 0. The number of carbonyl (C=O) groups excluding carboxylic acids is 2. The van der Waals surface area contributed by atoms with E-state index in [1.54, 1.807) is 0 Å². The lowest BCUT2D eigenvalue weighted by atomic mass is 9.52. The molecule has 4 fully saturated rings. The number of Topliss-reactive ketones (excluding diaryl/α,β-unsaturated/α-hetero) is 2. The Morgan fingerprint density at radius 2 is 1.07 bits per heavy atom. The first-order chi connectivity index (χ1) is 6.61. The van der Waals surface area contributed by atoms with Gasteiger partial charge in [-0.2, -0.15) is 0 Å². The molecular formula is C10H12O4. The molecule has 0 heterocycles. The second-order valence-electron chi connectivity index (χ2n) is 4.68. The molecule has 0 aromatic heterocycles. The summed E-state index contributed by atoms with van der Waals surface area (Å²) in [6.07, 6.45) is -0.856. The zero-order valence-electron chi connectivity index (χ0n) is 7.59. The minimum atomic E-state index is -0.782. The molecule has 0 radical (unpaired) electrons. The van der Waals surface area contributed by atoms with Crippen LogP contribution in [-0.4, -0.2) is 34.0 Å². The van der Waals surface area contributed by atoms with Gasteiger partial charge < -0.3 is 10.2 Å². The van der Waals surface area contributed by atoms with Crippen LogP contribution in [0, 0.1) is 23.7 Å². The van der Waals surface area contributed by atoms with Crippen molar-refractivity contribution in [3.05, 3.63) is 0 Å². The molecule has 4 atom stereocenters. The second kappa shape index (κ2) is 2.44. The monoisotopic (exact) mass is 196 g/mol. The first-order valence-corrected chi connectivity index (χ1v) is 5.05. The van der Waals surface area contributed by atoms with Crippen LogP contribution in [0.5, 0.6) is 0 Å². The molecule has 4 saturated carbocycles. The fraction of sp³-hybridized carbons (Fsp3) is 0.800. The first-order valence-electron chi connectivity index (χ1n) is 5.05. The summed E-state index contributed by atoms with van der Waals surface area (Å²) in [7, 11) is 0. The van der Waals surface area contributed by atoms with E-state index in [1.807, 2.05) is 0 Å². The van der Waals surface area contributed by atoms with Gasteiger partial charge in [0.25, 0.3) is 0 Å². The summed E-state index contributed by atoms with van der Waals surface area (Å²) in [6.45, 7) is 0. The Labute approximate surface area is 80.9 Å². The van der Waals surface area contributed by atoms with E-state index in [2.05, 4.69) is 0 Å². The van der Waals surface area contributed by atoms with Gasteiger partial charge in [-0.15, -0.1) is 0 Å². The van der Waals surface area contributed by atoms with Gasteiger partial charge in [-0.3, -0.25) is 9.59 Å². The van der Waals surface area contributed by atoms with Crippen molar-refractivity contribution in [1.82, 2.24) is 0 Å². The van der Waals surface area contributed by atoms with Gasteiger partial charge in [0.1, 0.15) is 11.6 Å². The smallest absolute Gasteiger partial charge is 0.144 e. The molecule has 0 aromatic rings. The maximum atomic E-state index is 11.7. The summed E-state index contributed by atoms with van der Waals surface area (Å²) in [5.41, 5.74) is 0. The fourth-order valence-electron chi connectivity index (χ4n) is 3.35. The molecule has 4 rings (SSSR count). The van der Waals surface area contributed by atoms with Crippen LogP contribution in [0.1, 0.15) is 12.8 Å². The highest BCUT2D eigenvalue weighted by atomic mass is 16.3. The Kier molecular flexibility index (Phi) is 1.49. The molecule has 0 saturated heterocycles. The fourth-order valence-corrected chi connectivity index (χ4v) is 3.35. The lowest BCUT2D eigenvalue weighted by Gasteiger charge is -2.52. The van der Waals surface area contributed by atoms with Gasteiger partial charge in [-0.25, -0.2) is 0 Å². The first kappa shape index (κ1) is 8.56. The van der Waals surface area contributed by atoms with Crippen molar-refractivity contribution in [1.29, 1.82) is 0 Å². The summed E-state index contributed by atoms with van der Waals surface area (Å²) < 4.78 is 0. The molecule has 0 amide bonds. The van der Waals surface area contributed by atoms with Crippen LogP contribution in [0.25, 0.3) is 0 Å². The van der Waals surface area contributed by atoms with Crippen LogP contribution < -0.4 is 0 Å². The zero-order valence-corrected chi connectivity index (χ0v) is 7.59. The number of hydrogen-bond acceptors (Lipinski definition) is 4. The average Bonchev–Trinajstić information content (AvgIpc) is 2.13. The Hall–Kier alpha value is -0.740. The Bertz CT molecular complexity index is 268. The largest absolute Gasteiger partial charge is 0.392 e. The highest BCUT2D eigenvalue weighted by Crippen LogP contribution is 2.50. The normalized spacial score (nSPS) is 55.6. The van der Waals surface area contributed by atoms with Gasteiger partial charge in [0, 0.05) is 23.7 Å². The quantitative estimate of drug-likeness (QED) is 0.528. The van der Waals surface area contributed by atoms with Crippen molar-refractivity contribution in [2.45, 2.75) is 25.0 Å². The zero-order chi connectivity index (χ0) is 10.0. The minimum Gasteiger partial charge on any atom is -0.392 e. The van der Waals surface area contributed by atoms with Crippen molar-refractivity contribution in [2.24, 2.45) is 23.7 Å². The van der Waals surface area contributed by atoms with E-state index in [0.29, 0.717) is 12.8 Å². The predicted octanol–water partition coefficient (Wildman–Crippen LogP) is -0.868. The highest BCUT2D eigenvalue weighted by Gasteiger charge is 2.61. The number of aliphatic hydroxyl groups is 2. The molecule has 14 heavy (non-hydrogen) atoms. The van der Waals surface area contributed by atoms with Crippen LogP contribution >= 0.6 is 0 Å². The Balaban J connectivity index is 2.06. The van der Waals surface area contributed by atoms with E-state index in [1.165, 1.54) is 0 Å². The van der Waals surface area contributed by atoms with Crippen LogP contribution in [0.2, 0.25) is 0 Å². The number of hydrogen-bond donors (Lipinski definition) is 2. The van der Waals surface area contributed by atoms with E-state index in [0.717, 1.165) is 0 Å². The molecule has 4 unspecified atom stereocenters. The van der Waals surface area contributed by atoms with Crippen LogP contribution in [0.4, 0.5) is 0 Å². The molecule has 4 nitrogen and oxygen atoms in total. The lowest BCUT2D eigenvalue weighted by molar-refractivity contribution is -0.179. The summed E-state index contributed by atoms with van der Waals surface area (Å²) >= 11 is 0. The summed E-state index contributed by atoms with van der Waals surface area (Å²) in [4.78, 5) is 23.3. The van der Waals surface area contributed by atoms with Crippen molar-refractivity contribution in [3.8, 4) is 0 Å². The third kappa shape index (κ3) is 0.769. The molecule has 0 spiro atoms. The maximum absolute atomic E-state index is 11.7. The van der Waals surface area contributed by atoms with Crippen molar-refractivity contribution in [3.63, 3.8) is 0 Å². The summed E-state index contributed by atoms with van der Waals surface area (Å²) in [5.74, 6) is -1.61. The summed E-state index contributed by atoms with van der Waals surface area (Å²) in [5, 5.41) is 19.5. The molecule has 0 aromatic carbocycles. The molecule has 4 bridgehead atoms. The number of carbonyl (C=O) groups is 2. The Morgan fingerprint density at radius 1 is 0.786 bits per heavy atom. The van der Waals surface area contributed by atoms with Gasteiger partial charge in [0.2, 0.25) is 0 Å². The topological polar surface area (TPSA) is 74.6 Å². The average molecular weight is 196 g/mol. The van der Waals surface area contributed by atoms with Crippen molar-refractivity contribution in [2.75, 3.05) is 0 Å². The molecule has 2 N–H and O–H groups in total. The maximum Gasteiger partial charge on any atom is 0.144 e. The van der Waals surface area contributed by atoms with Crippen LogP contribution in [-0.2, 0) is 9.59 Å². The van der Waals surface area contributed by atoms with E-state index < -0.39 is 12.2 Å². The predicted molar refractivity (Wildman–Crippen MR) is 45.2 cm³/mol. The lowest BCUT2D eigenvalue weighted by Crippen LogP contribution is -2.64. The number of rotatable bonds is 0. The van der Waals surface area contributed by atoms with E-state index in [9.17, 15) is 19.8 Å². The third-order valence-electron chi connectivity index (χ3n) is 4.13. The molecule has 4 aliphatic carbocycles. The molecule has 0 aliphatic heterocycles. The van der Waals surface area contributed by atoms with Gasteiger partial charge >= 0.3 is 0 Å². The van der Waals surface area contributed by atoms with Gasteiger partial charge in [-0.1, -0.05) is 0 Å². The third-order valence-corrected chi connectivity index (χ3v) is 4.13. The van der Waals surface area contributed by atoms with E-state index in [-0.39, 0.29) is 35.2 Å². The van der Waals surface area contributed by atoms with Gasteiger partial charge in [0.15, 0.2) is 0 Å². The molecule has 4 aliphatic rings. The molecular weight excluding hydrogens is 184 g/mol. The van der Waals surface area contributed by atoms with E-state index >= 15 is 0 Å². The van der Waals surface area contributed by atoms with Crippen molar-refractivity contribution < 1.29 is 19.8 Å². The number of aliphatic hydroxyl groups excluding tert-OH is 2. The molecule has 76 valence electrons. The van der Waals surface area contributed by atoms with Gasteiger partial charge in [-0.05, 0) is 12.8 Å². The number of ketones is 2. The van der Waals surface area contributed by atoms with Gasteiger partial charge in [0.05, 0.1) is 12.2 Å². The van der Waals surface area contributed by atoms with Crippen LogP contribution in [0.15, 0.2) is 0 Å². The van der Waals surface area contributed by atoms with Crippen LogP contribution in [0.3, 0.4) is 0 Å². The standard InChI is InChI=1S/C10H12O4/c11-7-3-1-4-9(13)5(7)2-6(8(3)12)10(4)14/h3-7,10-11,14H,1-2H2. The minimum absolute atomic E-state index is 0.0370. The molecule has 4 heteroatoms. The van der Waals surface area contributed by atoms with E-state index in [4.69, 9.17) is 0 Å². The van der Waals surface area contributed by atoms with Crippen molar-refractivity contribution >= 4 is 11.6 Å². The highest BCUT2D eigenvalue weighted by molar-refractivity contribution is 5.97.